The molecule has 0 bridgehead atoms. The summed E-state index contributed by atoms with van der Waals surface area (Å²) in [5.74, 6) is 0.825. The van der Waals surface area contributed by atoms with Crippen LogP contribution in [0.4, 0.5) is 0 Å². The minimum atomic E-state index is -0.155. The van der Waals surface area contributed by atoms with Crippen molar-refractivity contribution in [1.29, 1.82) is 0 Å². The molecule has 0 spiro atoms. The van der Waals surface area contributed by atoms with E-state index in [0.717, 1.165) is 16.7 Å². The zero-order chi connectivity index (χ0) is 19.0. The van der Waals surface area contributed by atoms with Crippen LogP contribution in [0.3, 0.4) is 0 Å². The Morgan fingerprint density at radius 3 is 2.37 bits per heavy atom. The minimum Gasteiger partial charge on any atom is -0.497 e. The summed E-state index contributed by atoms with van der Waals surface area (Å²) in [6, 6.07) is 7.12. The van der Waals surface area contributed by atoms with Gasteiger partial charge in [-0.05, 0) is 31.2 Å². The second-order valence-electron chi connectivity index (χ2n) is 6.51. The van der Waals surface area contributed by atoms with E-state index < -0.39 is 0 Å². The van der Waals surface area contributed by atoms with Gasteiger partial charge in [-0.15, -0.1) is 0 Å². The third-order valence-electron chi connectivity index (χ3n) is 4.96. The standard InChI is InChI=1S/C20H20N2O5/c1-13-16-11-15(25-2)3-4-17(16)27-18(13)20(24)22-8-6-21(7-9-22)19(23)14-5-10-26-12-14/h3-5,10-12H,6-9H2,1-2H3. The Bertz CT molecular complexity index is 981. The van der Waals surface area contributed by atoms with E-state index in [1.807, 2.05) is 13.0 Å². The van der Waals surface area contributed by atoms with Crippen molar-refractivity contribution >= 4 is 22.8 Å². The third kappa shape index (κ3) is 3.05. The Morgan fingerprint density at radius 1 is 1.04 bits per heavy atom. The van der Waals surface area contributed by atoms with Crippen molar-refractivity contribution in [3.63, 3.8) is 0 Å². The molecule has 27 heavy (non-hydrogen) atoms. The van der Waals surface area contributed by atoms with Crippen molar-refractivity contribution in [3.05, 3.63) is 53.7 Å². The summed E-state index contributed by atoms with van der Waals surface area (Å²) >= 11 is 0. The average Bonchev–Trinajstić information content (AvgIpc) is 3.35. The lowest BCUT2D eigenvalue weighted by Gasteiger charge is -2.34. The van der Waals surface area contributed by atoms with Crippen LogP contribution in [-0.2, 0) is 0 Å². The molecule has 4 rings (SSSR count). The lowest BCUT2D eigenvalue weighted by atomic mass is 10.1. The fraction of sp³-hybridized carbons (Fsp3) is 0.300. The van der Waals surface area contributed by atoms with Crippen LogP contribution in [0.1, 0.15) is 26.5 Å². The zero-order valence-corrected chi connectivity index (χ0v) is 15.2. The van der Waals surface area contributed by atoms with Gasteiger partial charge in [-0.1, -0.05) is 0 Å². The van der Waals surface area contributed by atoms with Crippen molar-refractivity contribution in [1.82, 2.24) is 9.80 Å². The molecule has 0 aliphatic carbocycles. The van der Waals surface area contributed by atoms with Crippen LogP contribution in [0.2, 0.25) is 0 Å². The number of fused-ring (bicyclic) bond motifs is 1. The topological polar surface area (TPSA) is 76.1 Å². The Morgan fingerprint density at radius 2 is 1.74 bits per heavy atom. The van der Waals surface area contributed by atoms with Gasteiger partial charge in [0.2, 0.25) is 0 Å². The van der Waals surface area contributed by atoms with E-state index in [4.69, 9.17) is 13.6 Å². The molecule has 0 unspecified atom stereocenters. The average molecular weight is 368 g/mol. The summed E-state index contributed by atoms with van der Waals surface area (Å²) in [5.41, 5.74) is 1.98. The number of aryl methyl sites for hydroxylation is 1. The first-order valence-corrected chi connectivity index (χ1v) is 8.76. The fourth-order valence-electron chi connectivity index (χ4n) is 3.36. The van der Waals surface area contributed by atoms with Gasteiger partial charge < -0.3 is 23.4 Å². The van der Waals surface area contributed by atoms with E-state index in [1.165, 1.54) is 12.5 Å². The number of hydrogen-bond acceptors (Lipinski definition) is 5. The van der Waals surface area contributed by atoms with Crippen molar-refractivity contribution < 1.29 is 23.2 Å². The number of furan rings is 2. The summed E-state index contributed by atoms with van der Waals surface area (Å²) in [6.07, 6.45) is 2.91. The zero-order valence-electron chi connectivity index (χ0n) is 15.2. The van der Waals surface area contributed by atoms with Crippen LogP contribution in [0.25, 0.3) is 11.0 Å². The molecule has 1 aliphatic heterocycles. The van der Waals surface area contributed by atoms with Gasteiger partial charge in [-0.2, -0.15) is 0 Å². The summed E-state index contributed by atoms with van der Waals surface area (Å²) in [7, 11) is 1.60. The number of methoxy groups -OCH3 is 1. The first-order valence-electron chi connectivity index (χ1n) is 8.76. The maximum absolute atomic E-state index is 12.9. The van der Waals surface area contributed by atoms with Crippen LogP contribution in [-0.4, -0.2) is 54.9 Å². The maximum Gasteiger partial charge on any atom is 0.290 e. The molecule has 0 saturated carbocycles. The molecule has 0 N–H and O–H groups in total. The van der Waals surface area contributed by atoms with Gasteiger partial charge in [0.25, 0.3) is 11.8 Å². The Labute approximate surface area is 156 Å². The SMILES string of the molecule is COc1ccc2oc(C(=O)N3CCN(C(=O)c4ccoc4)CC3)c(C)c2c1. The maximum atomic E-state index is 12.9. The molecule has 2 amide bonds. The summed E-state index contributed by atoms with van der Waals surface area (Å²) in [6.45, 7) is 3.74. The Balaban J connectivity index is 1.49. The van der Waals surface area contributed by atoms with Gasteiger partial charge in [0.15, 0.2) is 5.76 Å². The van der Waals surface area contributed by atoms with E-state index in [2.05, 4.69) is 0 Å². The van der Waals surface area contributed by atoms with E-state index in [0.29, 0.717) is 43.1 Å². The summed E-state index contributed by atoms with van der Waals surface area (Å²) in [5, 5.41) is 0.867. The summed E-state index contributed by atoms with van der Waals surface area (Å²) in [4.78, 5) is 28.8. The molecule has 2 aromatic heterocycles. The number of amides is 2. The number of hydrogen-bond donors (Lipinski definition) is 0. The van der Waals surface area contributed by atoms with E-state index in [-0.39, 0.29) is 11.8 Å². The Hall–Kier alpha value is -3.22. The van der Waals surface area contributed by atoms with Crippen LogP contribution >= 0.6 is 0 Å². The molecule has 1 aliphatic rings. The summed E-state index contributed by atoms with van der Waals surface area (Å²) < 4.78 is 16.0. The third-order valence-corrected chi connectivity index (χ3v) is 4.96. The van der Waals surface area contributed by atoms with E-state index >= 15 is 0 Å². The highest BCUT2D eigenvalue weighted by atomic mass is 16.5. The minimum absolute atomic E-state index is 0.0807. The van der Waals surface area contributed by atoms with Gasteiger partial charge in [0.05, 0.1) is 18.9 Å². The number of rotatable bonds is 3. The molecule has 0 radical (unpaired) electrons. The molecule has 1 aromatic carbocycles. The van der Waals surface area contributed by atoms with E-state index in [9.17, 15) is 9.59 Å². The fourth-order valence-corrected chi connectivity index (χ4v) is 3.36. The van der Waals surface area contributed by atoms with E-state index in [1.54, 1.807) is 35.1 Å². The van der Waals surface area contributed by atoms with Crippen molar-refractivity contribution in [2.24, 2.45) is 0 Å². The highest BCUT2D eigenvalue weighted by Gasteiger charge is 2.29. The molecule has 3 heterocycles. The molecule has 1 fully saturated rings. The van der Waals surface area contributed by atoms with Crippen molar-refractivity contribution in [2.45, 2.75) is 6.92 Å². The molecule has 140 valence electrons. The van der Waals surface area contributed by atoms with Crippen LogP contribution in [0.5, 0.6) is 5.75 Å². The van der Waals surface area contributed by atoms with Gasteiger partial charge in [-0.3, -0.25) is 9.59 Å². The number of carbonyl (C=O) groups is 2. The molecule has 0 atom stereocenters. The Kier molecular flexibility index (Phi) is 4.35. The highest BCUT2D eigenvalue weighted by molar-refractivity contribution is 5.99. The van der Waals surface area contributed by atoms with Gasteiger partial charge in [-0.25, -0.2) is 0 Å². The van der Waals surface area contributed by atoms with Crippen molar-refractivity contribution in [2.75, 3.05) is 33.3 Å². The lowest BCUT2D eigenvalue weighted by Crippen LogP contribution is -2.50. The van der Waals surface area contributed by atoms with Gasteiger partial charge in [0.1, 0.15) is 17.6 Å². The molecule has 7 nitrogen and oxygen atoms in total. The smallest absolute Gasteiger partial charge is 0.290 e. The quantitative estimate of drug-likeness (QED) is 0.710. The molecular weight excluding hydrogens is 348 g/mol. The predicted octanol–water partition coefficient (Wildman–Crippen LogP) is 2.94. The molecule has 1 saturated heterocycles. The van der Waals surface area contributed by atoms with Gasteiger partial charge >= 0.3 is 0 Å². The molecule has 7 heteroatoms. The second-order valence-corrected chi connectivity index (χ2v) is 6.51. The van der Waals surface area contributed by atoms with Crippen LogP contribution in [0.15, 0.2) is 45.6 Å². The number of benzene rings is 1. The van der Waals surface area contributed by atoms with Crippen LogP contribution in [0, 0.1) is 6.92 Å². The first-order chi connectivity index (χ1) is 13.1. The molecule has 3 aromatic rings. The predicted molar refractivity (Wildman–Crippen MR) is 98.0 cm³/mol. The molecular formula is C20H20N2O5. The number of ether oxygens (including phenoxy) is 1. The van der Waals surface area contributed by atoms with Crippen LogP contribution < -0.4 is 4.74 Å². The number of piperazine rings is 1. The van der Waals surface area contributed by atoms with Gasteiger partial charge in [0, 0.05) is 37.1 Å². The number of carbonyl (C=O) groups excluding carboxylic acids is 2. The monoisotopic (exact) mass is 368 g/mol. The normalized spacial score (nSPS) is 14.6. The highest BCUT2D eigenvalue weighted by Crippen LogP contribution is 2.29. The first kappa shape index (κ1) is 17.2. The second kappa shape index (κ2) is 6.83. The largest absolute Gasteiger partial charge is 0.497 e. The van der Waals surface area contributed by atoms with Crippen molar-refractivity contribution in [3.8, 4) is 5.75 Å². The number of nitrogens with zero attached hydrogens (tertiary/aromatic N) is 2. The lowest BCUT2D eigenvalue weighted by molar-refractivity contribution is 0.0518.